The molecule has 0 saturated carbocycles. The molecule has 0 atom stereocenters. The first kappa shape index (κ1) is 23.6. The van der Waals surface area contributed by atoms with E-state index in [0.717, 1.165) is 18.7 Å². The van der Waals surface area contributed by atoms with E-state index in [4.69, 9.17) is 0 Å². The van der Waals surface area contributed by atoms with E-state index in [9.17, 15) is 9.59 Å². The third-order valence-corrected chi connectivity index (χ3v) is 6.72. The Morgan fingerprint density at radius 1 is 0.972 bits per heavy atom. The second kappa shape index (κ2) is 10.2. The lowest BCUT2D eigenvalue weighted by Crippen LogP contribution is -2.48. The first-order valence-corrected chi connectivity index (χ1v) is 12.3. The molecule has 1 fully saturated rings. The van der Waals surface area contributed by atoms with Crippen molar-refractivity contribution >= 4 is 23.3 Å². The van der Waals surface area contributed by atoms with Gasteiger partial charge in [-0.25, -0.2) is 4.98 Å². The van der Waals surface area contributed by atoms with Gasteiger partial charge in [0.05, 0.1) is 5.69 Å². The molecule has 3 heterocycles. The normalized spacial score (nSPS) is 13.8. The van der Waals surface area contributed by atoms with Crippen molar-refractivity contribution in [3.63, 3.8) is 0 Å². The Morgan fingerprint density at radius 3 is 2.42 bits per heavy atom. The molecule has 186 valence electrons. The summed E-state index contributed by atoms with van der Waals surface area (Å²) < 4.78 is 1.35. The van der Waals surface area contributed by atoms with E-state index in [-0.39, 0.29) is 17.9 Å². The van der Waals surface area contributed by atoms with Crippen LogP contribution in [0.4, 0.5) is 11.6 Å². The summed E-state index contributed by atoms with van der Waals surface area (Å²) in [4.78, 5) is 39.2. The maximum absolute atomic E-state index is 13.2. The van der Waals surface area contributed by atoms with E-state index >= 15 is 0 Å². The Bertz CT molecular complexity index is 1400. The molecule has 0 spiro atoms. The molecule has 0 aliphatic carbocycles. The van der Waals surface area contributed by atoms with E-state index < -0.39 is 0 Å². The number of para-hydroxylation sites is 1. The standard InChI is InChI=1S/C27H31N7O2/c1-19-8-10-21(11-9-19)18-28-26-30-27-29-20(2)23(25(36)34(27)31-26)12-13-24(35)33-16-14-32(15-17-33)22-6-4-3-5-7-22/h3-11H,12-18H2,1-2H3,(H2,28,29,30,31). The maximum atomic E-state index is 13.2. The topological polar surface area (TPSA) is 98.6 Å². The summed E-state index contributed by atoms with van der Waals surface area (Å²) in [6.07, 6.45) is 0.630. The summed E-state index contributed by atoms with van der Waals surface area (Å²) in [5.41, 5.74) is 4.43. The predicted molar refractivity (Wildman–Crippen MR) is 140 cm³/mol. The summed E-state index contributed by atoms with van der Waals surface area (Å²) >= 11 is 0. The Morgan fingerprint density at radius 2 is 1.69 bits per heavy atom. The summed E-state index contributed by atoms with van der Waals surface area (Å²) in [6, 6.07) is 18.5. The molecular weight excluding hydrogens is 454 g/mol. The molecule has 0 unspecified atom stereocenters. The number of benzene rings is 2. The number of hydrogen-bond acceptors (Lipinski definition) is 6. The molecule has 2 aromatic heterocycles. The Kier molecular flexibility index (Phi) is 6.71. The van der Waals surface area contributed by atoms with Crippen LogP contribution in [0.2, 0.25) is 0 Å². The van der Waals surface area contributed by atoms with Crippen LogP contribution in [0.3, 0.4) is 0 Å². The van der Waals surface area contributed by atoms with Gasteiger partial charge < -0.3 is 15.1 Å². The third-order valence-electron chi connectivity index (χ3n) is 6.72. The maximum Gasteiger partial charge on any atom is 0.277 e. The van der Waals surface area contributed by atoms with Gasteiger partial charge in [-0.15, -0.1) is 0 Å². The van der Waals surface area contributed by atoms with Gasteiger partial charge in [0.25, 0.3) is 11.3 Å². The molecule has 2 aromatic carbocycles. The highest BCUT2D eigenvalue weighted by atomic mass is 16.2. The number of anilines is 2. The molecular formula is C27H31N7O2. The van der Waals surface area contributed by atoms with E-state index in [0.29, 0.717) is 49.0 Å². The molecule has 36 heavy (non-hydrogen) atoms. The van der Waals surface area contributed by atoms with Gasteiger partial charge in [0.15, 0.2) is 0 Å². The SMILES string of the molecule is Cc1ccc(CNc2nc3nc(C)c(CCC(=O)N4CCN(c5ccccc5)CC4)c(=O)n3[nH]2)cc1. The van der Waals surface area contributed by atoms with Crippen LogP contribution in [0.25, 0.3) is 5.78 Å². The highest BCUT2D eigenvalue weighted by molar-refractivity contribution is 5.77. The lowest BCUT2D eigenvalue weighted by Gasteiger charge is -2.36. The average Bonchev–Trinajstić information content (AvgIpc) is 3.31. The monoisotopic (exact) mass is 485 g/mol. The van der Waals surface area contributed by atoms with Crippen LogP contribution in [-0.4, -0.2) is 56.6 Å². The number of rotatable bonds is 7. The molecule has 5 rings (SSSR count). The number of aryl methyl sites for hydroxylation is 2. The first-order chi connectivity index (χ1) is 17.5. The largest absolute Gasteiger partial charge is 0.368 e. The van der Waals surface area contributed by atoms with Crippen LogP contribution in [-0.2, 0) is 17.8 Å². The average molecular weight is 486 g/mol. The fourth-order valence-corrected chi connectivity index (χ4v) is 4.56. The molecule has 9 heteroatoms. The number of H-pyrrole nitrogens is 1. The second-order valence-corrected chi connectivity index (χ2v) is 9.23. The fraction of sp³-hybridized carbons (Fsp3) is 0.333. The van der Waals surface area contributed by atoms with Crippen molar-refractivity contribution in [2.24, 2.45) is 0 Å². The second-order valence-electron chi connectivity index (χ2n) is 9.23. The first-order valence-electron chi connectivity index (χ1n) is 12.3. The molecule has 1 saturated heterocycles. The molecule has 1 aliphatic rings. The van der Waals surface area contributed by atoms with Crippen LogP contribution in [0.15, 0.2) is 59.4 Å². The van der Waals surface area contributed by atoms with Gasteiger partial charge in [-0.2, -0.15) is 9.50 Å². The fourth-order valence-electron chi connectivity index (χ4n) is 4.56. The number of carbonyl (C=O) groups is 1. The number of amides is 1. The highest BCUT2D eigenvalue weighted by Gasteiger charge is 2.22. The van der Waals surface area contributed by atoms with Crippen molar-refractivity contribution in [3.05, 3.63) is 87.3 Å². The smallest absolute Gasteiger partial charge is 0.277 e. The number of fused-ring (bicyclic) bond motifs is 1. The van der Waals surface area contributed by atoms with Crippen molar-refractivity contribution < 1.29 is 4.79 Å². The van der Waals surface area contributed by atoms with Gasteiger partial charge in [-0.3, -0.25) is 14.7 Å². The lowest BCUT2D eigenvalue weighted by atomic mass is 10.1. The van der Waals surface area contributed by atoms with E-state index in [2.05, 4.69) is 61.7 Å². The van der Waals surface area contributed by atoms with Gasteiger partial charge in [-0.05, 0) is 38.0 Å². The summed E-state index contributed by atoms with van der Waals surface area (Å²) in [7, 11) is 0. The number of piperazine rings is 1. The number of aromatic nitrogens is 4. The van der Waals surface area contributed by atoms with Crippen LogP contribution in [0.5, 0.6) is 0 Å². The van der Waals surface area contributed by atoms with Crippen molar-refractivity contribution in [2.45, 2.75) is 33.2 Å². The van der Waals surface area contributed by atoms with Gasteiger partial charge in [0.2, 0.25) is 11.9 Å². The summed E-state index contributed by atoms with van der Waals surface area (Å²) in [5, 5.41) is 6.22. The molecule has 1 aliphatic heterocycles. The van der Waals surface area contributed by atoms with Gasteiger partial charge in [-0.1, -0.05) is 48.0 Å². The summed E-state index contributed by atoms with van der Waals surface area (Å²) in [6.45, 7) is 7.39. The Labute approximate surface area is 209 Å². The summed E-state index contributed by atoms with van der Waals surface area (Å²) in [5.74, 6) is 0.858. The molecule has 0 radical (unpaired) electrons. The van der Waals surface area contributed by atoms with E-state index in [1.165, 1.54) is 15.8 Å². The zero-order chi connectivity index (χ0) is 25.1. The van der Waals surface area contributed by atoms with Crippen LogP contribution in [0.1, 0.15) is 28.8 Å². The number of hydrogen-bond donors (Lipinski definition) is 2. The van der Waals surface area contributed by atoms with E-state index in [1.807, 2.05) is 30.0 Å². The number of aromatic amines is 1. The van der Waals surface area contributed by atoms with Crippen molar-refractivity contribution in [1.82, 2.24) is 24.5 Å². The van der Waals surface area contributed by atoms with Crippen LogP contribution >= 0.6 is 0 Å². The minimum Gasteiger partial charge on any atom is -0.368 e. The minimum absolute atomic E-state index is 0.0664. The van der Waals surface area contributed by atoms with Crippen molar-refractivity contribution in [1.29, 1.82) is 0 Å². The van der Waals surface area contributed by atoms with Crippen molar-refractivity contribution in [3.8, 4) is 0 Å². The molecule has 0 bridgehead atoms. The molecule has 4 aromatic rings. The number of nitrogens with one attached hydrogen (secondary N) is 2. The number of nitrogens with zero attached hydrogens (tertiary/aromatic N) is 5. The van der Waals surface area contributed by atoms with E-state index in [1.54, 1.807) is 6.92 Å². The lowest BCUT2D eigenvalue weighted by molar-refractivity contribution is -0.131. The minimum atomic E-state index is -0.213. The third kappa shape index (κ3) is 5.10. The molecule has 2 N–H and O–H groups in total. The molecule has 9 nitrogen and oxygen atoms in total. The van der Waals surface area contributed by atoms with Gasteiger partial charge in [0, 0.05) is 50.4 Å². The molecule has 1 amide bonds. The predicted octanol–water partition coefficient (Wildman–Crippen LogP) is 2.93. The van der Waals surface area contributed by atoms with Crippen LogP contribution in [0, 0.1) is 13.8 Å². The quantitative estimate of drug-likeness (QED) is 0.418. The van der Waals surface area contributed by atoms with Crippen LogP contribution < -0.4 is 15.8 Å². The van der Waals surface area contributed by atoms with Crippen molar-refractivity contribution in [2.75, 3.05) is 36.4 Å². The Balaban J connectivity index is 1.21. The highest BCUT2D eigenvalue weighted by Crippen LogP contribution is 2.16. The Hall–Kier alpha value is -4.14. The number of carbonyl (C=O) groups excluding carboxylic acids is 1. The van der Waals surface area contributed by atoms with Gasteiger partial charge >= 0.3 is 0 Å². The van der Waals surface area contributed by atoms with Gasteiger partial charge in [0.1, 0.15) is 0 Å². The zero-order valence-corrected chi connectivity index (χ0v) is 20.7. The zero-order valence-electron chi connectivity index (χ0n) is 20.7.